The van der Waals surface area contributed by atoms with Crippen molar-refractivity contribution in [3.05, 3.63) is 30.3 Å². The van der Waals surface area contributed by atoms with Crippen molar-refractivity contribution in [2.24, 2.45) is 11.0 Å². The van der Waals surface area contributed by atoms with Gasteiger partial charge in [-0.1, -0.05) is 30.0 Å². The smallest absolute Gasteiger partial charge is 0.355 e. The van der Waals surface area contributed by atoms with E-state index < -0.39 is 29.3 Å². The molecule has 0 spiro atoms. The zero-order valence-corrected chi connectivity index (χ0v) is 12.1. The number of hydrazone groups is 1. The number of cyclic esters (lactones) is 1. The van der Waals surface area contributed by atoms with Gasteiger partial charge in [-0.15, -0.1) is 0 Å². The van der Waals surface area contributed by atoms with Gasteiger partial charge in [0.05, 0.1) is 12.5 Å². The molecule has 110 valence electrons. The van der Waals surface area contributed by atoms with E-state index in [1.165, 1.54) is 11.8 Å². The Labute approximate surface area is 125 Å². The highest BCUT2D eigenvalue weighted by molar-refractivity contribution is 7.99. The Bertz CT molecular complexity index is 590. The SMILES string of the molecule is CCOC(=O)C1=NN[C@@H]2C(=O)O[C@@H](Sc3ccccc3)[C@H]12. The lowest BCUT2D eigenvalue weighted by molar-refractivity contribution is -0.140. The summed E-state index contributed by atoms with van der Waals surface area (Å²) in [5.41, 5.74) is 2.41. The second-order valence-corrected chi connectivity index (χ2v) is 5.76. The van der Waals surface area contributed by atoms with Crippen LogP contribution < -0.4 is 5.43 Å². The number of ether oxygens (including phenoxy) is 2. The zero-order chi connectivity index (χ0) is 14.8. The molecule has 1 aromatic carbocycles. The monoisotopic (exact) mass is 306 g/mol. The van der Waals surface area contributed by atoms with E-state index in [4.69, 9.17) is 9.47 Å². The van der Waals surface area contributed by atoms with Crippen LogP contribution in [0.5, 0.6) is 0 Å². The van der Waals surface area contributed by atoms with Crippen molar-refractivity contribution in [3.63, 3.8) is 0 Å². The largest absolute Gasteiger partial charge is 0.461 e. The quantitative estimate of drug-likeness (QED) is 0.842. The first-order valence-electron chi connectivity index (χ1n) is 6.63. The van der Waals surface area contributed by atoms with E-state index >= 15 is 0 Å². The summed E-state index contributed by atoms with van der Waals surface area (Å²) in [6, 6.07) is 8.97. The Hall–Kier alpha value is -2.02. The highest BCUT2D eigenvalue weighted by atomic mass is 32.2. The fourth-order valence-corrected chi connectivity index (χ4v) is 3.47. The summed E-state index contributed by atoms with van der Waals surface area (Å²) in [7, 11) is 0. The molecule has 21 heavy (non-hydrogen) atoms. The van der Waals surface area contributed by atoms with Crippen molar-refractivity contribution in [2.45, 2.75) is 23.3 Å². The second-order valence-electron chi connectivity index (χ2n) is 4.59. The summed E-state index contributed by atoms with van der Waals surface area (Å²) in [5, 5.41) is 3.96. The van der Waals surface area contributed by atoms with Gasteiger partial charge in [0.15, 0.2) is 17.2 Å². The number of thioether (sulfide) groups is 1. The van der Waals surface area contributed by atoms with Crippen LogP contribution in [0.1, 0.15) is 6.92 Å². The molecule has 0 unspecified atom stereocenters. The Morgan fingerprint density at radius 1 is 1.43 bits per heavy atom. The minimum Gasteiger partial charge on any atom is -0.461 e. The molecule has 2 aliphatic heterocycles. The summed E-state index contributed by atoms with van der Waals surface area (Å²) in [6.07, 6.45) is 0. The van der Waals surface area contributed by atoms with Crippen LogP contribution in [-0.2, 0) is 19.1 Å². The van der Waals surface area contributed by atoms with Gasteiger partial charge < -0.3 is 9.47 Å². The Morgan fingerprint density at radius 2 is 2.19 bits per heavy atom. The van der Waals surface area contributed by atoms with Gasteiger partial charge in [-0.05, 0) is 19.1 Å². The maximum absolute atomic E-state index is 11.9. The van der Waals surface area contributed by atoms with E-state index in [0.717, 1.165) is 4.90 Å². The number of benzene rings is 1. The van der Waals surface area contributed by atoms with E-state index in [1.54, 1.807) is 6.92 Å². The number of rotatable bonds is 4. The van der Waals surface area contributed by atoms with Gasteiger partial charge in [0.25, 0.3) is 0 Å². The molecular weight excluding hydrogens is 292 g/mol. The predicted molar refractivity (Wildman–Crippen MR) is 76.7 cm³/mol. The van der Waals surface area contributed by atoms with Crippen LogP contribution >= 0.6 is 11.8 Å². The number of carbonyl (C=O) groups is 2. The van der Waals surface area contributed by atoms with E-state index in [9.17, 15) is 9.59 Å². The molecule has 7 heteroatoms. The Kier molecular flexibility index (Phi) is 3.83. The van der Waals surface area contributed by atoms with Crippen molar-refractivity contribution >= 4 is 29.4 Å². The van der Waals surface area contributed by atoms with Crippen LogP contribution in [-0.4, -0.2) is 35.7 Å². The molecule has 2 heterocycles. The molecule has 1 N–H and O–H groups in total. The third-order valence-corrected chi connectivity index (χ3v) is 4.42. The standard InChI is InChI=1S/C14H14N2O4S/c1-2-19-12(17)10-9-11(16-15-10)13(18)20-14(9)21-8-6-4-3-5-7-8/h3-7,9,11,14,16H,2H2,1H3/t9-,11+,14+/m1/s1. The molecule has 2 aliphatic rings. The molecule has 3 rings (SSSR count). The first-order chi connectivity index (χ1) is 10.2. The summed E-state index contributed by atoms with van der Waals surface area (Å²) in [5.74, 6) is -1.33. The van der Waals surface area contributed by atoms with Crippen LogP contribution in [0.4, 0.5) is 0 Å². The number of carbonyl (C=O) groups excluding carboxylic acids is 2. The minimum absolute atomic E-state index is 0.223. The van der Waals surface area contributed by atoms with E-state index in [-0.39, 0.29) is 12.3 Å². The molecule has 0 amide bonds. The van der Waals surface area contributed by atoms with Crippen LogP contribution in [0.25, 0.3) is 0 Å². The molecular formula is C14H14N2O4S. The highest BCUT2D eigenvalue weighted by Gasteiger charge is 2.53. The van der Waals surface area contributed by atoms with Crippen LogP contribution in [0.15, 0.2) is 40.3 Å². The predicted octanol–water partition coefficient (Wildman–Crippen LogP) is 1.17. The van der Waals surface area contributed by atoms with E-state index in [0.29, 0.717) is 0 Å². The zero-order valence-electron chi connectivity index (χ0n) is 11.3. The number of esters is 2. The molecule has 0 aliphatic carbocycles. The van der Waals surface area contributed by atoms with E-state index in [2.05, 4.69) is 10.5 Å². The number of nitrogens with zero attached hydrogens (tertiary/aromatic N) is 1. The summed E-state index contributed by atoms with van der Waals surface area (Å²) >= 11 is 1.40. The molecule has 3 atom stereocenters. The lowest BCUT2D eigenvalue weighted by atomic mass is 9.99. The number of hydrogen-bond acceptors (Lipinski definition) is 7. The van der Waals surface area contributed by atoms with Crippen molar-refractivity contribution in [2.75, 3.05) is 6.61 Å². The third-order valence-electron chi connectivity index (χ3n) is 3.26. The lowest BCUT2D eigenvalue weighted by Crippen LogP contribution is -2.35. The van der Waals surface area contributed by atoms with Gasteiger partial charge in [-0.25, -0.2) is 9.59 Å². The number of hydrogen-bond donors (Lipinski definition) is 1. The van der Waals surface area contributed by atoms with Crippen LogP contribution in [0.3, 0.4) is 0 Å². The molecule has 1 saturated heterocycles. The van der Waals surface area contributed by atoms with Gasteiger partial charge in [0, 0.05) is 4.90 Å². The van der Waals surface area contributed by atoms with Gasteiger partial charge >= 0.3 is 11.9 Å². The molecule has 1 aromatic rings. The van der Waals surface area contributed by atoms with Crippen molar-refractivity contribution < 1.29 is 19.1 Å². The fraction of sp³-hybridized carbons (Fsp3) is 0.357. The molecule has 6 nitrogen and oxygen atoms in total. The van der Waals surface area contributed by atoms with Crippen LogP contribution in [0.2, 0.25) is 0 Å². The van der Waals surface area contributed by atoms with Gasteiger partial charge in [-0.2, -0.15) is 5.10 Å². The van der Waals surface area contributed by atoms with Crippen molar-refractivity contribution in [1.29, 1.82) is 0 Å². The topological polar surface area (TPSA) is 77.0 Å². The fourth-order valence-electron chi connectivity index (χ4n) is 2.32. The van der Waals surface area contributed by atoms with Crippen molar-refractivity contribution in [1.82, 2.24) is 5.43 Å². The van der Waals surface area contributed by atoms with Gasteiger partial charge in [0.2, 0.25) is 0 Å². The number of nitrogens with one attached hydrogen (secondary N) is 1. The van der Waals surface area contributed by atoms with Crippen molar-refractivity contribution in [3.8, 4) is 0 Å². The molecule has 0 saturated carbocycles. The first kappa shape index (κ1) is 13.9. The Balaban J connectivity index is 1.80. The van der Waals surface area contributed by atoms with Gasteiger partial charge in [-0.3, -0.25) is 5.43 Å². The molecule has 0 bridgehead atoms. The maximum Gasteiger partial charge on any atom is 0.355 e. The average molecular weight is 306 g/mol. The first-order valence-corrected chi connectivity index (χ1v) is 7.51. The highest BCUT2D eigenvalue weighted by Crippen LogP contribution is 2.38. The summed E-state index contributed by atoms with van der Waals surface area (Å²) in [4.78, 5) is 24.7. The minimum atomic E-state index is -0.606. The van der Waals surface area contributed by atoms with Gasteiger partial charge in [0.1, 0.15) is 0 Å². The molecule has 1 fully saturated rings. The maximum atomic E-state index is 11.9. The average Bonchev–Trinajstić information content (AvgIpc) is 3.03. The van der Waals surface area contributed by atoms with E-state index in [1.807, 2.05) is 30.3 Å². The summed E-state index contributed by atoms with van der Waals surface area (Å²) in [6.45, 7) is 1.99. The lowest BCUT2D eigenvalue weighted by Gasteiger charge is -2.15. The third kappa shape index (κ3) is 2.61. The second kappa shape index (κ2) is 5.77. The Morgan fingerprint density at radius 3 is 2.90 bits per heavy atom. The normalized spacial score (nSPS) is 26.6. The molecule has 0 radical (unpaired) electrons. The van der Waals surface area contributed by atoms with Crippen LogP contribution in [0, 0.1) is 5.92 Å². The number of fused-ring (bicyclic) bond motifs is 1. The summed E-state index contributed by atoms with van der Waals surface area (Å²) < 4.78 is 10.3. The molecule has 0 aromatic heterocycles.